The van der Waals surface area contributed by atoms with Gasteiger partial charge in [0.1, 0.15) is 11.5 Å². The Labute approximate surface area is 124 Å². The molecule has 0 saturated carbocycles. The lowest BCUT2D eigenvalue weighted by molar-refractivity contribution is -0.126. The SMILES string of the molecule is COc1ccc(C(C)N(C)C(=O)/C=C/c2ccco2)cc1. The summed E-state index contributed by atoms with van der Waals surface area (Å²) < 4.78 is 10.3. The molecule has 2 rings (SSSR count). The average molecular weight is 285 g/mol. The van der Waals surface area contributed by atoms with Crippen molar-refractivity contribution in [1.82, 2.24) is 4.90 Å². The summed E-state index contributed by atoms with van der Waals surface area (Å²) in [5.74, 6) is 1.39. The van der Waals surface area contributed by atoms with E-state index in [-0.39, 0.29) is 11.9 Å². The van der Waals surface area contributed by atoms with Crippen LogP contribution in [0, 0.1) is 0 Å². The van der Waals surface area contributed by atoms with Crippen molar-refractivity contribution in [2.75, 3.05) is 14.2 Å². The number of nitrogens with zero attached hydrogens (tertiary/aromatic N) is 1. The van der Waals surface area contributed by atoms with Gasteiger partial charge in [-0.1, -0.05) is 12.1 Å². The van der Waals surface area contributed by atoms with Crippen molar-refractivity contribution in [2.45, 2.75) is 13.0 Å². The molecule has 0 bridgehead atoms. The van der Waals surface area contributed by atoms with Gasteiger partial charge in [0.25, 0.3) is 0 Å². The highest BCUT2D eigenvalue weighted by Crippen LogP contribution is 2.21. The first-order chi connectivity index (χ1) is 10.1. The van der Waals surface area contributed by atoms with Crippen LogP contribution in [0.25, 0.3) is 6.08 Å². The molecule has 0 saturated heterocycles. The number of carbonyl (C=O) groups excluding carboxylic acids is 1. The summed E-state index contributed by atoms with van der Waals surface area (Å²) in [5, 5.41) is 0. The van der Waals surface area contributed by atoms with E-state index in [1.165, 1.54) is 6.08 Å². The van der Waals surface area contributed by atoms with Gasteiger partial charge in [-0.15, -0.1) is 0 Å². The van der Waals surface area contributed by atoms with Gasteiger partial charge >= 0.3 is 0 Å². The van der Waals surface area contributed by atoms with Gasteiger partial charge in [-0.25, -0.2) is 0 Å². The molecular formula is C17H19NO3. The second kappa shape index (κ2) is 6.79. The van der Waals surface area contributed by atoms with E-state index in [2.05, 4.69) is 0 Å². The van der Waals surface area contributed by atoms with Gasteiger partial charge in [0.15, 0.2) is 0 Å². The zero-order chi connectivity index (χ0) is 15.2. The van der Waals surface area contributed by atoms with Crippen LogP contribution >= 0.6 is 0 Å². The highest BCUT2D eigenvalue weighted by Gasteiger charge is 2.15. The fourth-order valence-electron chi connectivity index (χ4n) is 1.95. The van der Waals surface area contributed by atoms with Crippen molar-refractivity contribution in [3.8, 4) is 5.75 Å². The number of methoxy groups -OCH3 is 1. The molecule has 21 heavy (non-hydrogen) atoms. The van der Waals surface area contributed by atoms with Crippen molar-refractivity contribution < 1.29 is 13.9 Å². The molecule has 0 fully saturated rings. The number of hydrogen-bond donors (Lipinski definition) is 0. The topological polar surface area (TPSA) is 42.7 Å². The zero-order valence-corrected chi connectivity index (χ0v) is 12.4. The van der Waals surface area contributed by atoms with Crippen LogP contribution in [0.5, 0.6) is 5.75 Å². The van der Waals surface area contributed by atoms with Crippen LogP contribution in [-0.2, 0) is 4.79 Å². The van der Waals surface area contributed by atoms with Gasteiger partial charge in [-0.3, -0.25) is 4.79 Å². The van der Waals surface area contributed by atoms with Gasteiger partial charge in [0, 0.05) is 13.1 Å². The molecule has 1 amide bonds. The Balaban J connectivity index is 2.03. The average Bonchev–Trinajstić information content (AvgIpc) is 3.04. The molecular weight excluding hydrogens is 266 g/mol. The first kappa shape index (κ1) is 14.9. The summed E-state index contributed by atoms with van der Waals surface area (Å²) >= 11 is 0. The smallest absolute Gasteiger partial charge is 0.246 e. The Morgan fingerprint density at radius 2 is 2.00 bits per heavy atom. The van der Waals surface area contributed by atoms with Gasteiger partial charge in [0.2, 0.25) is 5.91 Å². The van der Waals surface area contributed by atoms with Gasteiger partial charge < -0.3 is 14.1 Å². The molecule has 110 valence electrons. The van der Waals surface area contributed by atoms with E-state index in [0.29, 0.717) is 5.76 Å². The number of amides is 1. The maximum absolute atomic E-state index is 12.1. The van der Waals surface area contributed by atoms with Crippen molar-refractivity contribution in [3.63, 3.8) is 0 Å². The largest absolute Gasteiger partial charge is 0.497 e. The third kappa shape index (κ3) is 3.75. The van der Waals surface area contributed by atoms with Crippen LogP contribution in [0.4, 0.5) is 0 Å². The number of hydrogen-bond acceptors (Lipinski definition) is 3. The van der Waals surface area contributed by atoms with Crippen LogP contribution in [-0.4, -0.2) is 25.0 Å². The minimum atomic E-state index is -0.0743. The fraction of sp³-hybridized carbons (Fsp3) is 0.235. The van der Waals surface area contributed by atoms with Gasteiger partial charge in [-0.05, 0) is 42.8 Å². The molecule has 1 atom stereocenters. The third-order valence-corrected chi connectivity index (χ3v) is 3.46. The molecule has 1 aromatic carbocycles. The molecule has 1 aromatic heterocycles. The van der Waals surface area contributed by atoms with E-state index in [1.54, 1.807) is 43.5 Å². The van der Waals surface area contributed by atoms with E-state index in [9.17, 15) is 4.79 Å². The number of furan rings is 1. The fourth-order valence-corrected chi connectivity index (χ4v) is 1.95. The van der Waals surface area contributed by atoms with E-state index < -0.39 is 0 Å². The van der Waals surface area contributed by atoms with Crippen LogP contribution in [0.2, 0.25) is 0 Å². The lowest BCUT2D eigenvalue weighted by atomic mass is 10.1. The second-order valence-electron chi connectivity index (χ2n) is 4.75. The van der Waals surface area contributed by atoms with Crippen molar-refractivity contribution >= 4 is 12.0 Å². The van der Waals surface area contributed by atoms with E-state index in [1.807, 2.05) is 31.2 Å². The minimum Gasteiger partial charge on any atom is -0.497 e. The van der Waals surface area contributed by atoms with E-state index >= 15 is 0 Å². The van der Waals surface area contributed by atoms with Crippen molar-refractivity contribution in [2.24, 2.45) is 0 Å². The quantitative estimate of drug-likeness (QED) is 0.789. The molecule has 0 spiro atoms. The predicted octanol–water partition coefficient (Wildman–Crippen LogP) is 3.52. The lowest BCUT2D eigenvalue weighted by Crippen LogP contribution is -2.27. The molecule has 4 nitrogen and oxygen atoms in total. The summed E-state index contributed by atoms with van der Waals surface area (Å²) in [7, 11) is 3.41. The number of carbonyl (C=O) groups is 1. The summed E-state index contributed by atoms with van der Waals surface area (Å²) in [4.78, 5) is 13.8. The Hall–Kier alpha value is -2.49. The first-order valence-corrected chi connectivity index (χ1v) is 6.74. The lowest BCUT2D eigenvalue weighted by Gasteiger charge is -2.24. The number of benzene rings is 1. The predicted molar refractivity (Wildman–Crippen MR) is 81.9 cm³/mol. The standard InChI is InChI=1S/C17H19NO3/c1-13(14-6-8-15(20-3)9-7-14)18(2)17(19)11-10-16-5-4-12-21-16/h4-13H,1-3H3/b11-10+. The molecule has 0 aliphatic rings. The third-order valence-electron chi connectivity index (χ3n) is 3.46. The molecule has 1 unspecified atom stereocenters. The van der Waals surface area contributed by atoms with E-state index in [0.717, 1.165) is 11.3 Å². The maximum atomic E-state index is 12.1. The highest BCUT2D eigenvalue weighted by molar-refractivity contribution is 5.91. The molecule has 2 aromatic rings. The van der Waals surface area contributed by atoms with Crippen LogP contribution < -0.4 is 4.74 Å². The monoisotopic (exact) mass is 285 g/mol. The van der Waals surface area contributed by atoms with Gasteiger partial charge in [-0.2, -0.15) is 0 Å². The van der Waals surface area contributed by atoms with Gasteiger partial charge in [0.05, 0.1) is 19.4 Å². The molecule has 4 heteroatoms. The van der Waals surface area contributed by atoms with Crippen LogP contribution in [0.15, 0.2) is 53.2 Å². The Bertz CT molecular complexity index is 599. The summed E-state index contributed by atoms with van der Waals surface area (Å²) in [6, 6.07) is 11.3. The Morgan fingerprint density at radius 3 is 2.57 bits per heavy atom. The second-order valence-corrected chi connectivity index (χ2v) is 4.75. The molecule has 0 N–H and O–H groups in total. The Morgan fingerprint density at radius 1 is 1.29 bits per heavy atom. The molecule has 0 aliphatic heterocycles. The number of ether oxygens (including phenoxy) is 1. The normalized spacial score (nSPS) is 12.3. The molecule has 0 aliphatic carbocycles. The number of likely N-dealkylation sites (N-methyl/N-ethyl adjacent to an activating group) is 1. The Kier molecular flexibility index (Phi) is 4.82. The number of rotatable bonds is 5. The summed E-state index contributed by atoms with van der Waals surface area (Å²) in [6.07, 6.45) is 4.76. The maximum Gasteiger partial charge on any atom is 0.246 e. The van der Waals surface area contributed by atoms with Crippen molar-refractivity contribution in [3.05, 3.63) is 60.1 Å². The zero-order valence-electron chi connectivity index (χ0n) is 12.4. The van der Waals surface area contributed by atoms with Crippen molar-refractivity contribution in [1.29, 1.82) is 0 Å². The van der Waals surface area contributed by atoms with E-state index in [4.69, 9.17) is 9.15 Å². The van der Waals surface area contributed by atoms with Crippen LogP contribution in [0.3, 0.4) is 0 Å². The summed E-state index contributed by atoms with van der Waals surface area (Å²) in [6.45, 7) is 1.99. The summed E-state index contributed by atoms with van der Waals surface area (Å²) in [5.41, 5.74) is 1.05. The van der Waals surface area contributed by atoms with Crippen LogP contribution in [0.1, 0.15) is 24.3 Å². The molecule has 0 radical (unpaired) electrons. The minimum absolute atomic E-state index is 0.0235. The first-order valence-electron chi connectivity index (χ1n) is 6.74. The highest BCUT2D eigenvalue weighted by atomic mass is 16.5. The molecule has 1 heterocycles.